The maximum absolute atomic E-state index is 12.9. The highest BCUT2D eigenvalue weighted by molar-refractivity contribution is 6.30. The predicted molar refractivity (Wildman–Crippen MR) is 99.7 cm³/mol. The lowest BCUT2D eigenvalue weighted by atomic mass is 10.2. The van der Waals surface area contributed by atoms with Gasteiger partial charge in [-0.3, -0.25) is 9.20 Å². The number of imidazole rings is 1. The lowest BCUT2D eigenvalue weighted by molar-refractivity contribution is 0.101. The Morgan fingerprint density at radius 2 is 2.08 bits per heavy atom. The van der Waals surface area contributed by atoms with Crippen LogP contribution in [0.5, 0.6) is 5.75 Å². The molecule has 3 aromatic rings. The van der Waals surface area contributed by atoms with E-state index in [0.29, 0.717) is 34.2 Å². The summed E-state index contributed by atoms with van der Waals surface area (Å²) in [5, 5.41) is 3.53. The van der Waals surface area contributed by atoms with Gasteiger partial charge in [-0.05, 0) is 38.5 Å². The number of amides is 1. The highest BCUT2D eigenvalue weighted by atomic mass is 35.5. The molecule has 25 heavy (non-hydrogen) atoms. The summed E-state index contributed by atoms with van der Waals surface area (Å²) in [6.07, 6.45) is 2.42. The van der Waals surface area contributed by atoms with Crippen LogP contribution in [0.25, 0.3) is 5.65 Å². The van der Waals surface area contributed by atoms with E-state index >= 15 is 0 Å². The van der Waals surface area contributed by atoms with Gasteiger partial charge < -0.3 is 10.1 Å². The molecule has 1 N–H and O–H groups in total. The lowest BCUT2D eigenvalue weighted by Gasteiger charge is -2.15. The van der Waals surface area contributed by atoms with Gasteiger partial charge >= 0.3 is 0 Å². The molecule has 1 amide bonds. The van der Waals surface area contributed by atoms with Gasteiger partial charge in [-0.25, -0.2) is 4.98 Å². The van der Waals surface area contributed by atoms with Crippen molar-refractivity contribution in [1.29, 1.82) is 0 Å². The number of rotatable bonds is 5. The largest absolute Gasteiger partial charge is 0.489 e. The van der Waals surface area contributed by atoms with Gasteiger partial charge in [-0.1, -0.05) is 30.7 Å². The van der Waals surface area contributed by atoms with E-state index in [-0.39, 0.29) is 12.0 Å². The molecule has 130 valence electrons. The highest BCUT2D eigenvalue weighted by Crippen LogP contribution is 2.26. The molecule has 2 heterocycles. The molecule has 0 aliphatic rings. The fourth-order valence-electron chi connectivity index (χ4n) is 2.66. The number of hydrogen-bond acceptors (Lipinski definition) is 3. The van der Waals surface area contributed by atoms with Crippen LogP contribution in [0.2, 0.25) is 5.02 Å². The van der Waals surface area contributed by atoms with Crippen molar-refractivity contribution in [3.8, 4) is 5.75 Å². The third kappa shape index (κ3) is 3.61. The molecule has 3 rings (SSSR count). The number of nitrogens with one attached hydrogen (secondary N) is 1. The van der Waals surface area contributed by atoms with Crippen molar-refractivity contribution in [2.45, 2.75) is 33.3 Å². The van der Waals surface area contributed by atoms with E-state index in [2.05, 4.69) is 10.3 Å². The number of halogens is 1. The smallest absolute Gasteiger partial charge is 0.274 e. The topological polar surface area (TPSA) is 55.6 Å². The number of anilines is 1. The number of fused-ring (bicyclic) bond motifs is 1. The Balaban J connectivity index is 1.98. The number of benzene rings is 1. The van der Waals surface area contributed by atoms with Gasteiger partial charge in [0.2, 0.25) is 0 Å². The van der Waals surface area contributed by atoms with Crippen molar-refractivity contribution in [2.75, 3.05) is 5.32 Å². The first-order valence-corrected chi connectivity index (χ1v) is 8.61. The number of carbonyl (C=O) groups excluding carboxylic acids is 1. The molecule has 6 heteroatoms. The maximum atomic E-state index is 12.9. The summed E-state index contributed by atoms with van der Waals surface area (Å²) in [4.78, 5) is 17.4. The Bertz CT molecular complexity index is 918. The first-order valence-electron chi connectivity index (χ1n) is 8.23. The second-order valence-electron chi connectivity index (χ2n) is 5.95. The first-order chi connectivity index (χ1) is 12.0. The summed E-state index contributed by atoms with van der Waals surface area (Å²) in [6, 6.07) is 10.9. The van der Waals surface area contributed by atoms with Gasteiger partial charge in [0.05, 0.1) is 17.5 Å². The monoisotopic (exact) mass is 357 g/mol. The molecule has 0 aliphatic carbocycles. The quantitative estimate of drug-likeness (QED) is 0.726. The standard InChI is InChI=1S/C19H20ClN3O2/c1-4-14-18(23-10-9-13(20)11-17(23)21-14)19(24)22-15-7-5-6-8-16(15)25-12(2)3/h5-12H,4H2,1-3H3,(H,22,24). The van der Waals surface area contributed by atoms with Crippen molar-refractivity contribution >= 4 is 28.8 Å². The van der Waals surface area contributed by atoms with Crippen molar-refractivity contribution in [1.82, 2.24) is 9.38 Å². The number of para-hydroxylation sites is 2. The molecule has 1 aromatic carbocycles. The molecule has 2 aromatic heterocycles. The maximum Gasteiger partial charge on any atom is 0.274 e. The molecular weight excluding hydrogens is 338 g/mol. The molecule has 0 saturated carbocycles. The summed E-state index contributed by atoms with van der Waals surface area (Å²) < 4.78 is 7.52. The average Bonchev–Trinajstić information content (AvgIpc) is 2.93. The Hall–Kier alpha value is -2.53. The molecule has 0 atom stereocenters. The molecule has 0 aliphatic heterocycles. The minimum atomic E-state index is -0.230. The van der Waals surface area contributed by atoms with Gasteiger partial charge in [-0.2, -0.15) is 0 Å². The molecular formula is C19H20ClN3O2. The fraction of sp³-hybridized carbons (Fsp3) is 0.263. The van der Waals surface area contributed by atoms with Crippen LogP contribution < -0.4 is 10.1 Å². The van der Waals surface area contributed by atoms with E-state index in [1.54, 1.807) is 22.7 Å². The van der Waals surface area contributed by atoms with Gasteiger partial charge in [0, 0.05) is 17.3 Å². The van der Waals surface area contributed by atoms with Crippen LogP contribution in [-0.4, -0.2) is 21.4 Å². The summed E-state index contributed by atoms with van der Waals surface area (Å²) >= 11 is 6.03. The second kappa shape index (κ2) is 7.15. The van der Waals surface area contributed by atoms with E-state index < -0.39 is 0 Å². The van der Waals surface area contributed by atoms with Crippen LogP contribution in [0, 0.1) is 0 Å². The second-order valence-corrected chi connectivity index (χ2v) is 6.39. The molecule has 5 nitrogen and oxygen atoms in total. The Morgan fingerprint density at radius 1 is 1.32 bits per heavy atom. The molecule has 0 saturated heterocycles. The zero-order chi connectivity index (χ0) is 18.0. The van der Waals surface area contributed by atoms with Crippen LogP contribution in [0.1, 0.15) is 37.0 Å². The number of nitrogens with zero attached hydrogens (tertiary/aromatic N) is 2. The van der Waals surface area contributed by atoms with Crippen molar-refractivity contribution in [3.05, 3.63) is 59.0 Å². The first kappa shape index (κ1) is 17.3. The van der Waals surface area contributed by atoms with Crippen molar-refractivity contribution in [2.24, 2.45) is 0 Å². The number of carbonyl (C=O) groups is 1. The molecule has 0 fully saturated rings. The van der Waals surface area contributed by atoms with Crippen LogP contribution in [-0.2, 0) is 6.42 Å². The number of ether oxygens (including phenoxy) is 1. The summed E-state index contributed by atoms with van der Waals surface area (Å²) in [5.41, 5.74) is 2.52. The van der Waals surface area contributed by atoms with E-state index in [1.165, 1.54) is 0 Å². The lowest BCUT2D eigenvalue weighted by Crippen LogP contribution is -2.17. The Morgan fingerprint density at radius 3 is 2.80 bits per heavy atom. The Labute approximate surface area is 151 Å². The minimum Gasteiger partial charge on any atom is -0.489 e. The average molecular weight is 358 g/mol. The summed E-state index contributed by atoms with van der Waals surface area (Å²) in [7, 11) is 0. The van der Waals surface area contributed by atoms with Crippen LogP contribution in [0.4, 0.5) is 5.69 Å². The van der Waals surface area contributed by atoms with Crippen LogP contribution in [0.15, 0.2) is 42.6 Å². The number of pyridine rings is 1. The van der Waals surface area contributed by atoms with E-state index in [4.69, 9.17) is 16.3 Å². The number of aromatic nitrogens is 2. The van der Waals surface area contributed by atoms with E-state index in [1.807, 2.05) is 45.0 Å². The van der Waals surface area contributed by atoms with Crippen LogP contribution in [0.3, 0.4) is 0 Å². The van der Waals surface area contributed by atoms with Gasteiger partial charge in [0.25, 0.3) is 5.91 Å². The van der Waals surface area contributed by atoms with Crippen LogP contribution >= 0.6 is 11.6 Å². The SMILES string of the molecule is CCc1nc2cc(Cl)ccn2c1C(=O)Nc1ccccc1OC(C)C. The zero-order valence-electron chi connectivity index (χ0n) is 14.4. The molecule has 0 spiro atoms. The molecule has 0 radical (unpaired) electrons. The van der Waals surface area contributed by atoms with E-state index in [9.17, 15) is 4.79 Å². The number of aryl methyl sites for hydroxylation is 1. The fourth-order valence-corrected chi connectivity index (χ4v) is 2.82. The Kier molecular flexibility index (Phi) is 4.95. The summed E-state index contributed by atoms with van der Waals surface area (Å²) in [5.74, 6) is 0.409. The minimum absolute atomic E-state index is 0.0159. The predicted octanol–water partition coefficient (Wildman–Crippen LogP) is 4.59. The third-order valence-electron chi connectivity index (χ3n) is 3.71. The van der Waals surface area contributed by atoms with Gasteiger partial charge in [0.15, 0.2) is 0 Å². The van der Waals surface area contributed by atoms with Gasteiger partial charge in [-0.15, -0.1) is 0 Å². The van der Waals surface area contributed by atoms with Crippen molar-refractivity contribution < 1.29 is 9.53 Å². The zero-order valence-corrected chi connectivity index (χ0v) is 15.2. The third-order valence-corrected chi connectivity index (χ3v) is 3.94. The molecule has 0 unspecified atom stereocenters. The van der Waals surface area contributed by atoms with E-state index in [0.717, 1.165) is 5.69 Å². The van der Waals surface area contributed by atoms with Gasteiger partial charge in [0.1, 0.15) is 17.1 Å². The number of hydrogen-bond donors (Lipinski definition) is 1. The molecule has 0 bridgehead atoms. The highest BCUT2D eigenvalue weighted by Gasteiger charge is 2.19. The van der Waals surface area contributed by atoms with Crippen molar-refractivity contribution in [3.63, 3.8) is 0 Å². The summed E-state index contributed by atoms with van der Waals surface area (Å²) in [6.45, 7) is 5.86. The normalized spacial score (nSPS) is 11.1.